The van der Waals surface area contributed by atoms with Gasteiger partial charge in [-0.1, -0.05) is 543 Å². The van der Waals surface area contributed by atoms with Crippen LogP contribution in [-0.4, -0.2) is 52.9 Å². The van der Waals surface area contributed by atoms with Crippen molar-refractivity contribution in [3.8, 4) is 46.0 Å². The van der Waals surface area contributed by atoms with Gasteiger partial charge in [0.25, 0.3) is 0 Å². The van der Waals surface area contributed by atoms with Crippen molar-refractivity contribution < 1.29 is 37.9 Å². The van der Waals surface area contributed by atoms with Crippen molar-refractivity contribution in [3.05, 3.63) is 271 Å². The molecule has 0 saturated carbocycles. The van der Waals surface area contributed by atoms with Crippen LogP contribution in [0.15, 0.2) is 182 Å². The first-order valence-electron chi connectivity index (χ1n) is 56.8. The third-order valence-corrected chi connectivity index (χ3v) is 26.7. The smallest absolute Gasteiger partial charge is 0.127 e. The molecule has 0 saturated heterocycles. The van der Waals surface area contributed by atoms with Crippen molar-refractivity contribution in [3.63, 3.8) is 0 Å². The second-order valence-corrected chi connectivity index (χ2v) is 39.1. The Morgan fingerprint density at radius 2 is 0.239 bits per heavy atom. The summed E-state index contributed by atoms with van der Waals surface area (Å²) >= 11 is 0. The molecule has 142 heavy (non-hydrogen) atoms. The molecule has 0 aliphatic heterocycles. The Morgan fingerprint density at radius 3 is 0.366 bits per heavy atom. The van der Waals surface area contributed by atoms with Crippen LogP contribution in [0.2, 0.25) is 0 Å². The summed E-state index contributed by atoms with van der Waals surface area (Å²) in [4.78, 5) is 0. The standard InChI is InChI=1S/C134H182O8/c1-9-17-25-33-41-55-95-135-127-105-121(129(137-97-57-43-35-27-19-11-3)103-119(127)87-79-111-63-51-49-52-64-111)89-81-113-67-71-115(72-68-113)83-91-123-107-133(141-101-61-47-39-31-23-15-7)125(109-131(123)139-99-59-45-37-29-21-13-5)93-85-117-75-77-118(78-76-117)86-94-126-110-132(140-100-60-46-38-30-22-14-6)124(108-134(126)142-102-62-48-40-32-24-16-8)92-84-116-73-69-114(70-74-116)82-90-122-106-128(136-96-56-42-34-26-18-10-2)120(88-80-112-65-53-50-54-66-112)104-130(122)138-98-58-44-36-28-20-12-4/h49-54,63-94,103-110H,9-48,55-62,95-102H2,1-8H3/b87-79+,88-80+,89-81+,90-82+,91-83+,92-84+,93-85+,94-86+. The normalized spacial score (nSPS) is 11.9. The lowest BCUT2D eigenvalue weighted by atomic mass is 10.0. The van der Waals surface area contributed by atoms with Gasteiger partial charge in [-0.25, -0.2) is 0 Å². The lowest BCUT2D eigenvalue weighted by molar-refractivity contribution is 0.295. The second-order valence-electron chi connectivity index (χ2n) is 39.1. The van der Waals surface area contributed by atoms with Gasteiger partial charge >= 0.3 is 0 Å². The van der Waals surface area contributed by atoms with E-state index >= 15 is 0 Å². The zero-order chi connectivity index (χ0) is 99.6. The maximum absolute atomic E-state index is 6.89. The Kier molecular flexibility index (Phi) is 60.1. The first-order valence-corrected chi connectivity index (χ1v) is 56.8. The first kappa shape index (κ1) is 115. The number of hydrogen-bond acceptors (Lipinski definition) is 8. The van der Waals surface area contributed by atoms with Crippen LogP contribution in [-0.2, 0) is 0 Å². The van der Waals surface area contributed by atoms with Gasteiger partial charge in [0.2, 0.25) is 0 Å². The lowest BCUT2D eigenvalue weighted by Crippen LogP contribution is -2.03. The number of rotatable bonds is 80. The quantitative estimate of drug-likeness (QED) is 0.0276. The van der Waals surface area contributed by atoms with Crippen LogP contribution in [0, 0.1) is 0 Å². The van der Waals surface area contributed by atoms with Gasteiger partial charge in [0, 0.05) is 44.5 Å². The first-order chi connectivity index (χ1) is 70.2. The van der Waals surface area contributed by atoms with Crippen LogP contribution in [0.5, 0.6) is 46.0 Å². The van der Waals surface area contributed by atoms with E-state index in [0.29, 0.717) is 52.9 Å². The molecule has 0 radical (unpaired) electrons. The molecule has 0 N–H and O–H groups in total. The molecular formula is C134H182O8. The summed E-state index contributed by atoms with van der Waals surface area (Å²) in [7, 11) is 0. The van der Waals surface area contributed by atoms with Gasteiger partial charge in [-0.05, 0) is 144 Å². The molecule has 0 aliphatic carbocycles. The summed E-state index contributed by atoms with van der Waals surface area (Å²) in [6.07, 6.45) is 92.8. The van der Waals surface area contributed by atoms with Crippen molar-refractivity contribution in [2.24, 2.45) is 0 Å². The van der Waals surface area contributed by atoms with Crippen molar-refractivity contribution >= 4 is 97.2 Å². The molecule has 0 aliphatic rings. The molecule has 8 nitrogen and oxygen atoms in total. The van der Waals surface area contributed by atoms with E-state index in [0.717, 1.165) is 212 Å². The number of hydrogen-bond donors (Lipinski definition) is 0. The fourth-order valence-electron chi connectivity index (χ4n) is 17.7. The molecule has 0 unspecified atom stereocenters. The number of benzene rings is 9. The molecule has 0 aromatic heterocycles. The summed E-state index contributed by atoms with van der Waals surface area (Å²) in [5.74, 6) is 6.95. The SMILES string of the molecule is CCCCCCCCOc1cc(/C=C/c2ccc(/C=C/c3cc(OCCCCCCCC)c(/C=C/c4ccc(/C=C/c5cc(OCCCCCCCC)c(/C=C/c6ccc(/C=C/c7cc(OCCCCCCCC)c(/C=C/c8ccccc8)cc7OCCCCCCCC)cc6)cc5OCCCCCCCC)cc4)cc3OCCCCCCCC)cc2)c(OCCCCCCCC)cc1/C=C/c1ccccc1. The van der Waals surface area contributed by atoms with Crippen molar-refractivity contribution in [2.45, 2.75) is 364 Å². The monoisotopic (exact) mass is 1920 g/mol. The molecule has 9 aromatic rings. The molecular weight excluding hydrogens is 1740 g/mol. The van der Waals surface area contributed by atoms with Crippen molar-refractivity contribution in [1.29, 1.82) is 0 Å². The van der Waals surface area contributed by atoms with Crippen LogP contribution in [0.1, 0.15) is 453 Å². The Labute approximate surface area is 862 Å². The van der Waals surface area contributed by atoms with E-state index in [1.54, 1.807) is 0 Å². The predicted molar refractivity (Wildman–Crippen MR) is 620 cm³/mol. The molecule has 8 heteroatoms. The van der Waals surface area contributed by atoms with E-state index in [4.69, 9.17) is 37.9 Å². The Balaban J connectivity index is 0.983. The zero-order valence-corrected chi connectivity index (χ0v) is 89.4. The van der Waals surface area contributed by atoms with Gasteiger partial charge in [0.1, 0.15) is 46.0 Å². The summed E-state index contributed by atoms with van der Waals surface area (Å²) < 4.78 is 54.5. The van der Waals surface area contributed by atoms with Gasteiger partial charge in [0.15, 0.2) is 0 Å². The van der Waals surface area contributed by atoms with Gasteiger partial charge in [0.05, 0.1) is 52.9 Å². The van der Waals surface area contributed by atoms with Gasteiger partial charge in [-0.2, -0.15) is 0 Å². The topological polar surface area (TPSA) is 73.8 Å². The molecule has 0 amide bonds. The largest absolute Gasteiger partial charge is 0.493 e. The molecule has 0 bridgehead atoms. The molecule has 0 heterocycles. The van der Waals surface area contributed by atoms with E-state index in [1.165, 1.54) is 231 Å². The Hall–Kier alpha value is -10.7. The maximum atomic E-state index is 6.89. The molecule has 766 valence electrons. The van der Waals surface area contributed by atoms with Crippen LogP contribution < -0.4 is 37.9 Å². The summed E-state index contributed by atoms with van der Waals surface area (Å²) in [6.45, 7) is 23.5. The molecule has 0 fully saturated rings. The molecule has 9 rings (SSSR count). The predicted octanol–water partition coefficient (Wildman–Crippen LogP) is 41.0. The highest BCUT2D eigenvalue weighted by atomic mass is 16.5. The minimum atomic E-state index is 0.645. The Morgan fingerprint density at radius 1 is 0.127 bits per heavy atom. The maximum Gasteiger partial charge on any atom is 0.127 e. The average Bonchev–Trinajstić information content (AvgIpc) is 0.832. The minimum absolute atomic E-state index is 0.645. The average molecular weight is 1920 g/mol. The zero-order valence-electron chi connectivity index (χ0n) is 89.4. The third kappa shape index (κ3) is 47.7. The summed E-state index contributed by atoms with van der Waals surface area (Å²) in [5, 5.41) is 0. The second kappa shape index (κ2) is 74.2. The lowest BCUT2D eigenvalue weighted by Gasteiger charge is -2.16. The number of unbranched alkanes of at least 4 members (excludes halogenated alkanes) is 40. The van der Waals surface area contributed by atoms with Crippen LogP contribution in [0.4, 0.5) is 0 Å². The fourth-order valence-corrected chi connectivity index (χ4v) is 17.7. The van der Waals surface area contributed by atoms with E-state index in [2.05, 4.69) is 335 Å². The molecule has 9 aromatic carbocycles. The van der Waals surface area contributed by atoms with E-state index < -0.39 is 0 Å². The highest BCUT2D eigenvalue weighted by Crippen LogP contribution is 2.39. The Bertz CT molecular complexity index is 4740. The van der Waals surface area contributed by atoms with E-state index in [9.17, 15) is 0 Å². The highest BCUT2D eigenvalue weighted by molar-refractivity contribution is 5.85. The van der Waals surface area contributed by atoms with Gasteiger partial charge in [-0.15, -0.1) is 0 Å². The number of ether oxygens (including phenoxy) is 8. The van der Waals surface area contributed by atoms with Crippen molar-refractivity contribution in [1.82, 2.24) is 0 Å². The minimum Gasteiger partial charge on any atom is -0.493 e. The van der Waals surface area contributed by atoms with Crippen LogP contribution in [0.3, 0.4) is 0 Å². The fraction of sp³-hybridized carbons (Fsp3) is 0.478. The van der Waals surface area contributed by atoms with Crippen molar-refractivity contribution in [2.75, 3.05) is 52.9 Å². The third-order valence-electron chi connectivity index (χ3n) is 26.7. The van der Waals surface area contributed by atoms with Crippen LogP contribution >= 0.6 is 0 Å². The summed E-state index contributed by atoms with van der Waals surface area (Å²) in [5.41, 5.74) is 17.0. The molecule has 0 spiro atoms. The summed E-state index contributed by atoms with van der Waals surface area (Å²) in [6, 6.07) is 65.3. The highest BCUT2D eigenvalue weighted by Gasteiger charge is 2.18. The van der Waals surface area contributed by atoms with Gasteiger partial charge < -0.3 is 37.9 Å². The van der Waals surface area contributed by atoms with E-state index in [-0.39, 0.29) is 0 Å². The van der Waals surface area contributed by atoms with E-state index in [1.807, 2.05) is 0 Å². The van der Waals surface area contributed by atoms with Gasteiger partial charge in [-0.3, -0.25) is 0 Å². The van der Waals surface area contributed by atoms with Crippen LogP contribution in [0.25, 0.3) is 97.2 Å². The molecule has 0 atom stereocenters.